The number of carbonyl (C=O) groups is 1. The molecule has 0 radical (unpaired) electrons. The molecule has 0 aromatic carbocycles. The summed E-state index contributed by atoms with van der Waals surface area (Å²) in [6.45, 7) is 3.72. The number of aliphatic hydroxyl groups is 2. The van der Waals surface area contributed by atoms with Crippen molar-refractivity contribution in [1.29, 1.82) is 0 Å². The minimum Gasteiger partial charge on any atom is -0.479 e. The molecule has 0 aromatic rings. The van der Waals surface area contributed by atoms with Crippen molar-refractivity contribution in [2.24, 2.45) is 0 Å². The summed E-state index contributed by atoms with van der Waals surface area (Å²) >= 11 is 0. The average molecular weight is 218 g/mol. The Hall–Kier alpha value is -0.610. The van der Waals surface area contributed by atoms with Crippen LogP contribution in [0.2, 0.25) is 0 Å². The first-order valence-corrected chi connectivity index (χ1v) is 5.62. The van der Waals surface area contributed by atoms with E-state index in [2.05, 4.69) is 6.92 Å². The summed E-state index contributed by atoms with van der Waals surface area (Å²) in [6, 6.07) is 0. The number of rotatable bonds is 8. The highest BCUT2D eigenvalue weighted by Gasteiger charge is 2.41. The number of aliphatic carboxylic acids is 1. The minimum atomic E-state index is -1.97. The predicted octanol–water partition coefficient (Wildman–Crippen LogP) is 1.54. The molecule has 0 aliphatic rings. The molecule has 0 saturated carbocycles. The van der Waals surface area contributed by atoms with Gasteiger partial charge in [0.05, 0.1) is 6.10 Å². The van der Waals surface area contributed by atoms with Gasteiger partial charge in [-0.15, -0.1) is 0 Å². The number of carboxylic acid groups (broad SMARTS) is 1. The zero-order valence-electron chi connectivity index (χ0n) is 9.57. The molecule has 0 amide bonds. The molecule has 15 heavy (non-hydrogen) atoms. The van der Waals surface area contributed by atoms with Crippen LogP contribution in [-0.2, 0) is 4.79 Å². The van der Waals surface area contributed by atoms with Crippen molar-refractivity contribution in [2.75, 3.05) is 0 Å². The van der Waals surface area contributed by atoms with E-state index in [-0.39, 0.29) is 12.8 Å². The maximum atomic E-state index is 10.9. The second-order valence-corrected chi connectivity index (χ2v) is 3.96. The Morgan fingerprint density at radius 3 is 2.27 bits per heavy atom. The quantitative estimate of drug-likeness (QED) is 0.540. The molecule has 4 heteroatoms. The molecule has 4 nitrogen and oxygen atoms in total. The fourth-order valence-electron chi connectivity index (χ4n) is 1.58. The van der Waals surface area contributed by atoms with Gasteiger partial charge in [-0.2, -0.15) is 0 Å². The van der Waals surface area contributed by atoms with E-state index in [0.29, 0.717) is 6.42 Å². The summed E-state index contributed by atoms with van der Waals surface area (Å²) in [5.41, 5.74) is -1.97. The van der Waals surface area contributed by atoms with E-state index in [9.17, 15) is 15.0 Å². The van der Waals surface area contributed by atoms with Crippen LogP contribution in [0.15, 0.2) is 0 Å². The number of unbranched alkanes of at least 4 members (excludes halogenated alkanes) is 3. The van der Waals surface area contributed by atoms with Crippen LogP contribution in [0, 0.1) is 0 Å². The van der Waals surface area contributed by atoms with Crippen molar-refractivity contribution < 1.29 is 20.1 Å². The number of carboxylic acids is 1. The first-order valence-electron chi connectivity index (χ1n) is 5.62. The fourth-order valence-corrected chi connectivity index (χ4v) is 1.58. The lowest BCUT2D eigenvalue weighted by molar-refractivity contribution is -0.173. The molecule has 0 aliphatic heterocycles. The Kier molecular flexibility index (Phi) is 6.52. The van der Waals surface area contributed by atoms with E-state index in [0.717, 1.165) is 19.3 Å². The second-order valence-electron chi connectivity index (χ2n) is 3.96. The number of hydrogen-bond donors (Lipinski definition) is 3. The van der Waals surface area contributed by atoms with Crippen LogP contribution < -0.4 is 0 Å². The summed E-state index contributed by atoms with van der Waals surface area (Å²) in [4.78, 5) is 10.9. The monoisotopic (exact) mass is 218 g/mol. The zero-order valence-corrected chi connectivity index (χ0v) is 9.57. The normalized spacial score (nSPS) is 17.1. The molecular weight excluding hydrogens is 196 g/mol. The molecule has 0 bridgehead atoms. The summed E-state index contributed by atoms with van der Waals surface area (Å²) in [7, 11) is 0. The van der Waals surface area contributed by atoms with E-state index in [1.807, 2.05) is 0 Å². The fraction of sp³-hybridized carbons (Fsp3) is 0.909. The molecule has 0 aromatic heterocycles. The first-order chi connectivity index (χ1) is 6.99. The Morgan fingerprint density at radius 2 is 1.87 bits per heavy atom. The van der Waals surface area contributed by atoms with Crippen LogP contribution >= 0.6 is 0 Å². The van der Waals surface area contributed by atoms with Gasteiger partial charge in [-0.1, -0.05) is 33.1 Å². The van der Waals surface area contributed by atoms with E-state index in [1.165, 1.54) is 0 Å². The summed E-state index contributed by atoms with van der Waals surface area (Å²) in [5, 5.41) is 28.2. The highest BCUT2D eigenvalue weighted by molar-refractivity contribution is 5.77. The van der Waals surface area contributed by atoms with Crippen molar-refractivity contribution in [3.05, 3.63) is 0 Å². The molecule has 3 N–H and O–H groups in total. The van der Waals surface area contributed by atoms with Crippen LogP contribution in [0.25, 0.3) is 0 Å². The topological polar surface area (TPSA) is 77.8 Å². The van der Waals surface area contributed by atoms with E-state index in [4.69, 9.17) is 5.11 Å². The van der Waals surface area contributed by atoms with Gasteiger partial charge >= 0.3 is 5.97 Å². The summed E-state index contributed by atoms with van der Waals surface area (Å²) in [6.07, 6.45) is 2.79. The van der Waals surface area contributed by atoms with Crippen LogP contribution in [0.5, 0.6) is 0 Å². The van der Waals surface area contributed by atoms with Crippen LogP contribution in [0.1, 0.15) is 52.4 Å². The van der Waals surface area contributed by atoms with Gasteiger partial charge in [0.25, 0.3) is 0 Å². The van der Waals surface area contributed by atoms with Gasteiger partial charge in [0.15, 0.2) is 5.60 Å². The molecule has 90 valence electrons. The lowest BCUT2D eigenvalue weighted by atomic mass is 9.89. The lowest BCUT2D eigenvalue weighted by Gasteiger charge is -2.28. The highest BCUT2D eigenvalue weighted by Crippen LogP contribution is 2.22. The molecule has 0 spiro atoms. The molecule has 2 unspecified atom stereocenters. The lowest BCUT2D eigenvalue weighted by Crippen LogP contribution is -2.49. The van der Waals surface area contributed by atoms with Gasteiger partial charge in [0, 0.05) is 0 Å². The van der Waals surface area contributed by atoms with Crippen molar-refractivity contribution >= 4 is 5.97 Å². The van der Waals surface area contributed by atoms with E-state index in [1.54, 1.807) is 6.92 Å². The largest absolute Gasteiger partial charge is 0.479 e. The molecule has 0 heterocycles. The molecule has 0 aliphatic carbocycles. The van der Waals surface area contributed by atoms with Crippen LogP contribution in [0.4, 0.5) is 0 Å². The maximum absolute atomic E-state index is 10.9. The van der Waals surface area contributed by atoms with Gasteiger partial charge < -0.3 is 15.3 Å². The van der Waals surface area contributed by atoms with Crippen LogP contribution in [-0.4, -0.2) is 33.0 Å². The zero-order chi connectivity index (χ0) is 11.9. The van der Waals surface area contributed by atoms with Crippen molar-refractivity contribution in [3.63, 3.8) is 0 Å². The maximum Gasteiger partial charge on any atom is 0.338 e. The van der Waals surface area contributed by atoms with E-state index >= 15 is 0 Å². The van der Waals surface area contributed by atoms with Crippen molar-refractivity contribution in [1.82, 2.24) is 0 Å². The van der Waals surface area contributed by atoms with Gasteiger partial charge in [-0.25, -0.2) is 4.79 Å². The van der Waals surface area contributed by atoms with Gasteiger partial charge in [0.1, 0.15) is 0 Å². The Balaban J connectivity index is 4.20. The summed E-state index contributed by atoms with van der Waals surface area (Å²) < 4.78 is 0. The van der Waals surface area contributed by atoms with E-state index < -0.39 is 17.7 Å². The Labute approximate surface area is 90.9 Å². The summed E-state index contributed by atoms with van der Waals surface area (Å²) in [5.74, 6) is -1.33. The molecule has 2 atom stereocenters. The predicted molar refractivity (Wildman–Crippen MR) is 57.6 cm³/mol. The van der Waals surface area contributed by atoms with Gasteiger partial charge in [0.2, 0.25) is 0 Å². The minimum absolute atomic E-state index is 0.122. The Morgan fingerprint density at radius 1 is 1.27 bits per heavy atom. The Bertz CT molecular complexity index is 193. The van der Waals surface area contributed by atoms with Crippen molar-refractivity contribution in [3.8, 4) is 0 Å². The smallest absolute Gasteiger partial charge is 0.338 e. The van der Waals surface area contributed by atoms with Crippen molar-refractivity contribution in [2.45, 2.75) is 64.1 Å². The first kappa shape index (κ1) is 14.4. The molecule has 0 saturated heterocycles. The van der Waals surface area contributed by atoms with Gasteiger partial charge in [-0.05, 0) is 19.3 Å². The highest BCUT2D eigenvalue weighted by atomic mass is 16.4. The molecule has 0 rings (SSSR count). The third-order valence-electron chi connectivity index (χ3n) is 2.72. The third-order valence-corrected chi connectivity index (χ3v) is 2.72. The average Bonchev–Trinajstić information content (AvgIpc) is 2.22. The second kappa shape index (κ2) is 6.80. The van der Waals surface area contributed by atoms with Gasteiger partial charge in [-0.3, -0.25) is 0 Å². The SMILES string of the molecule is CCCCCCC(O)(C(=O)O)C(O)CC. The molecule has 0 fully saturated rings. The number of hydrogen-bond acceptors (Lipinski definition) is 3. The molecular formula is C11H22O4. The standard InChI is InChI=1S/C11H22O4/c1-3-5-6-7-8-11(15,10(13)14)9(12)4-2/h9,12,15H,3-8H2,1-2H3,(H,13,14). The van der Waals surface area contributed by atoms with Crippen LogP contribution in [0.3, 0.4) is 0 Å². The number of aliphatic hydroxyl groups excluding tert-OH is 1. The third kappa shape index (κ3) is 4.18.